The van der Waals surface area contributed by atoms with Crippen molar-refractivity contribution in [3.8, 4) is 0 Å². The lowest BCUT2D eigenvalue weighted by atomic mass is 9.87. The number of fused-ring (bicyclic) bond motifs is 1. The molecule has 0 radical (unpaired) electrons. The molecule has 2 aromatic rings. The summed E-state index contributed by atoms with van der Waals surface area (Å²) in [5.74, 6) is 0.342. The third kappa shape index (κ3) is 2.90. The standard InChI is InChI=1S/C17H21N3O2/c1-11-7-8-14-13(9-11)16(20-19-14)17(22)18-15(10-21)12-5-3-2-4-6-12/h2-6,11,15,21H,7-10H2,1H3,(H,18,22)(H,19,20)/t11-,15-/m0/s1. The summed E-state index contributed by atoms with van der Waals surface area (Å²) in [6, 6.07) is 9.06. The number of rotatable bonds is 4. The van der Waals surface area contributed by atoms with Gasteiger partial charge < -0.3 is 10.4 Å². The van der Waals surface area contributed by atoms with Crippen LogP contribution in [0, 0.1) is 5.92 Å². The number of aliphatic hydroxyl groups excluding tert-OH is 1. The van der Waals surface area contributed by atoms with E-state index in [9.17, 15) is 9.90 Å². The number of amides is 1. The second-order valence-electron chi connectivity index (χ2n) is 6.00. The van der Waals surface area contributed by atoms with Crippen molar-refractivity contribution >= 4 is 5.91 Å². The third-order valence-corrected chi connectivity index (χ3v) is 4.30. The number of carbonyl (C=O) groups is 1. The van der Waals surface area contributed by atoms with Gasteiger partial charge in [0.05, 0.1) is 12.6 Å². The highest BCUT2D eigenvalue weighted by atomic mass is 16.3. The van der Waals surface area contributed by atoms with Crippen molar-refractivity contribution in [2.45, 2.75) is 32.2 Å². The zero-order chi connectivity index (χ0) is 15.5. The zero-order valence-corrected chi connectivity index (χ0v) is 12.7. The van der Waals surface area contributed by atoms with Gasteiger partial charge in [-0.1, -0.05) is 37.3 Å². The fourth-order valence-corrected chi connectivity index (χ4v) is 3.00. The van der Waals surface area contributed by atoms with E-state index in [1.165, 1.54) is 0 Å². The van der Waals surface area contributed by atoms with Gasteiger partial charge in [-0.2, -0.15) is 5.10 Å². The molecule has 116 valence electrons. The minimum absolute atomic E-state index is 0.140. The molecule has 5 heteroatoms. The molecule has 0 saturated carbocycles. The molecule has 3 rings (SSSR count). The van der Waals surface area contributed by atoms with Gasteiger partial charge in [0, 0.05) is 11.3 Å². The molecular formula is C17H21N3O2. The summed E-state index contributed by atoms with van der Waals surface area (Å²) in [5, 5.41) is 19.6. The molecule has 0 aliphatic heterocycles. The van der Waals surface area contributed by atoms with Crippen LogP contribution in [0.25, 0.3) is 0 Å². The van der Waals surface area contributed by atoms with Crippen LogP contribution in [0.4, 0.5) is 0 Å². The fourth-order valence-electron chi connectivity index (χ4n) is 3.00. The number of carbonyl (C=O) groups excluding carboxylic acids is 1. The first kappa shape index (κ1) is 14.8. The highest BCUT2D eigenvalue weighted by Crippen LogP contribution is 2.26. The van der Waals surface area contributed by atoms with E-state index in [1.54, 1.807) is 0 Å². The van der Waals surface area contributed by atoms with Crippen molar-refractivity contribution in [1.29, 1.82) is 0 Å². The van der Waals surface area contributed by atoms with Crippen LogP contribution in [0.3, 0.4) is 0 Å². The molecule has 1 amide bonds. The molecule has 1 aliphatic rings. The Bertz CT molecular complexity index is 651. The van der Waals surface area contributed by atoms with Crippen LogP contribution in [0.1, 0.15) is 46.7 Å². The summed E-state index contributed by atoms with van der Waals surface area (Å²) >= 11 is 0. The molecular weight excluding hydrogens is 278 g/mol. The molecule has 22 heavy (non-hydrogen) atoms. The van der Waals surface area contributed by atoms with E-state index in [1.807, 2.05) is 30.3 Å². The predicted molar refractivity (Wildman–Crippen MR) is 83.5 cm³/mol. The minimum Gasteiger partial charge on any atom is -0.394 e. The number of H-pyrrole nitrogens is 1. The van der Waals surface area contributed by atoms with Crippen LogP contribution in [-0.2, 0) is 12.8 Å². The monoisotopic (exact) mass is 299 g/mol. The Kier molecular flexibility index (Phi) is 4.24. The Balaban J connectivity index is 1.78. The molecule has 1 aromatic heterocycles. The molecule has 1 aromatic carbocycles. The Labute approximate surface area is 129 Å². The topological polar surface area (TPSA) is 78.0 Å². The highest BCUT2D eigenvalue weighted by Gasteiger charge is 2.26. The SMILES string of the molecule is C[C@H]1CCc2[nH]nc(C(=O)N[C@@H](CO)c3ccccc3)c2C1. The second kappa shape index (κ2) is 6.32. The maximum Gasteiger partial charge on any atom is 0.272 e. The summed E-state index contributed by atoms with van der Waals surface area (Å²) < 4.78 is 0. The number of hydrogen-bond acceptors (Lipinski definition) is 3. The highest BCUT2D eigenvalue weighted by molar-refractivity contribution is 5.94. The van der Waals surface area contributed by atoms with Gasteiger partial charge in [-0.25, -0.2) is 0 Å². The van der Waals surface area contributed by atoms with E-state index in [0.29, 0.717) is 11.6 Å². The Morgan fingerprint density at radius 1 is 1.45 bits per heavy atom. The Morgan fingerprint density at radius 3 is 2.95 bits per heavy atom. The number of benzene rings is 1. The first-order valence-corrected chi connectivity index (χ1v) is 7.71. The van der Waals surface area contributed by atoms with E-state index >= 15 is 0 Å². The maximum absolute atomic E-state index is 12.5. The lowest BCUT2D eigenvalue weighted by molar-refractivity contribution is 0.0910. The molecule has 1 aliphatic carbocycles. The van der Waals surface area contributed by atoms with Crippen molar-refractivity contribution < 1.29 is 9.90 Å². The molecule has 3 N–H and O–H groups in total. The van der Waals surface area contributed by atoms with Crippen LogP contribution < -0.4 is 5.32 Å². The van der Waals surface area contributed by atoms with E-state index in [0.717, 1.165) is 36.1 Å². The van der Waals surface area contributed by atoms with Crippen molar-refractivity contribution in [3.05, 3.63) is 52.8 Å². The summed E-state index contributed by atoms with van der Waals surface area (Å²) in [4.78, 5) is 12.5. The van der Waals surface area contributed by atoms with Crippen molar-refractivity contribution in [2.75, 3.05) is 6.61 Å². The normalized spacial score (nSPS) is 18.5. The first-order valence-electron chi connectivity index (χ1n) is 7.71. The lowest BCUT2D eigenvalue weighted by Crippen LogP contribution is -2.32. The van der Waals surface area contributed by atoms with Gasteiger partial charge in [0.25, 0.3) is 5.91 Å². The number of nitrogens with one attached hydrogen (secondary N) is 2. The average Bonchev–Trinajstić information content (AvgIpc) is 2.96. The number of hydrogen-bond donors (Lipinski definition) is 3. The molecule has 1 heterocycles. The Morgan fingerprint density at radius 2 is 2.23 bits per heavy atom. The molecule has 0 unspecified atom stereocenters. The number of aromatic amines is 1. The molecule has 0 fully saturated rings. The quantitative estimate of drug-likeness (QED) is 0.808. The van der Waals surface area contributed by atoms with Gasteiger partial charge in [0.1, 0.15) is 0 Å². The van der Waals surface area contributed by atoms with Crippen LogP contribution >= 0.6 is 0 Å². The van der Waals surface area contributed by atoms with Gasteiger partial charge in [0.15, 0.2) is 5.69 Å². The van der Waals surface area contributed by atoms with Gasteiger partial charge in [-0.3, -0.25) is 9.89 Å². The third-order valence-electron chi connectivity index (χ3n) is 4.30. The van der Waals surface area contributed by atoms with Gasteiger partial charge in [0.2, 0.25) is 0 Å². The number of aromatic nitrogens is 2. The smallest absolute Gasteiger partial charge is 0.272 e. The lowest BCUT2D eigenvalue weighted by Gasteiger charge is -2.19. The molecule has 5 nitrogen and oxygen atoms in total. The van der Waals surface area contributed by atoms with Crippen molar-refractivity contribution in [1.82, 2.24) is 15.5 Å². The second-order valence-corrected chi connectivity index (χ2v) is 6.00. The Hall–Kier alpha value is -2.14. The number of aryl methyl sites for hydroxylation is 1. The van der Waals surface area contributed by atoms with E-state index < -0.39 is 6.04 Å². The van der Waals surface area contributed by atoms with Crippen LogP contribution in [0.2, 0.25) is 0 Å². The molecule has 0 saturated heterocycles. The fraction of sp³-hybridized carbons (Fsp3) is 0.412. The summed E-state index contributed by atoms with van der Waals surface area (Å²) in [5.41, 5.74) is 3.46. The minimum atomic E-state index is -0.415. The van der Waals surface area contributed by atoms with Crippen LogP contribution in [-0.4, -0.2) is 27.8 Å². The summed E-state index contributed by atoms with van der Waals surface area (Å²) in [6.07, 6.45) is 2.95. The molecule has 2 atom stereocenters. The molecule has 0 spiro atoms. The van der Waals surface area contributed by atoms with Gasteiger partial charge >= 0.3 is 0 Å². The largest absolute Gasteiger partial charge is 0.394 e. The predicted octanol–water partition coefficient (Wildman–Crippen LogP) is 2.00. The zero-order valence-electron chi connectivity index (χ0n) is 12.7. The van der Waals surface area contributed by atoms with Crippen LogP contribution in [0.5, 0.6) is 0 Å². The van der Waals surface area contributed by atoms with Gasteiger partial charge in [-0.15, -0.1) is 0 Å². The van der Waals surface area contributed by atoms with Crippen molar-refractivity contribution in [2.24, 2.45) is 5.92 Å². The van der Waals surface area contributed by atoms with E-state index in [4.69, 9.17) is 0 Å². The number of nitrogens with zero attached hydrogens (tertiary/aromatic N) is 1. The van der Waals surface area contributed by atoms with E-state index in [2.05, 4.69) is 22.4 Å². The van der Waals surface area contributed by atoms with E-state index in [-0.39, 0.29) is 12.5 Å². The average molecular weight is 299 g/mol. The summed E-state index contributed by atoms with van der Waals surface area (Å²) in [7, 11) is 0. The summed E-state index contributed by atoms with van der Waals surface area (Å²) in [6.45, 7) is 2.05. The van der Waals surface area contributed by atoms with Crippen LogP contribution in [0.15, 0.2) is 30.3 Å². The van der Waals surface area contributed by atoms with Gasteiger partial charge in [-0.05, 0) is 30.7 Å². The number of aliphatic hydroxyl groups is 1. The maximum atomic E-state index is 12.5. The first-order chi connectivity index (χ1) is 10.7. The molecule has 0 bridgehead atoms. The van der Waals surface area contributed by atoms with Crippen molar-refractivity contribution in [3.63, 3.8) is 0 Å².